The Morgan fingerprint density at radius 2 is 2.12 bits per heavy atom. The molecule has 2 rings (SSSR count). The van der Waals surface area contributed by atoms with Crippen LogP contribution >= 0.6 is 0 Å². The van der Waals surface area contributed by atoms with Crippen molar-refractivity contribution in [3.63, 3.8) is 0 Å². The van der Waals surface area contributed by atoms with E-state index in [0.29, 0.717) is 0 Å². The molecule has 1 atom stereocenters. The van der Waals surface area contributed by atoms with Gasteiger partial charge in [-0.15, -0.1) is 0 Å². The van der Waals surface area contributed by atoms with E-state index in [1.165, 1.54) is 17.7 Å². The summed E-state index contributed by atoms with van der Waals surface area (Å²) >= 11 is 0. The maximum absolute atomic E-state index is 5.58. The molecule has 4 nitrogen and oxygen atoms in total. The third kappa shape index (κ3) is 2.02. The molecular weight excluding hydrogens is 214 g/mol. The van der Waals surface area contributed by atoms with Gasteiger partial charge < -0.3 is 10.1 Å². The van der Waals surface area contributed by atoms with Gasteiger partial charge in [0.05, 0.1) is 0 Å². The first-order valence-corrected chi connectivity index (χ1v) is 6.27. The highest BCUT2D eigenvalue weighted by Crippen LogP contribution is 2.31. The van der Waals surface area contributed by atoms with Crippen molar-refractivity contribution in [1.29, 1.82) is 0 Å². The number of nitrogens with zero attached hydrogens (tertiary/aromatic N) is 2. The van der Waals surface area contributed by atoms with Gasteiger partial charge in [-0.3, -0.25) is 0 Å². The van der Waals surface area contributed by atoms with E-state index >= 15 is 0 Å². The molecule has 0 amide bonds. The summed E-state index contributed by atoms with van der Waals surface area (Å²) in [6.07, 6.45) is 4.19. The molecule has 0 saturated heterocycles. The standard InChI is InChI=1S/C13H21N3O/c1-5-13(2,17-4)12-15-10-8-6-7-9(10)11(14-3)16-12/h5-8H2,1-4H3,(H,14,15,16). The molecule has 1 heterocycles. The molecule has 1 aliphatic rings. The summed E-state index contributed by atoms with van der Waals surface area (Å²) in [5.74, 6) is 1.77. The predicted molar refractivity (Wildman–Crippen MR) is 68.3 cm³/mol. The largest absolute Gasteiger partial charge is 0.373 e. The number of methoxy groups -OCH3 is 1. The molecule has 1 aromatic heterocycles. The second-order valence-electron chi connectivity index (χ2n) is 4.71. The Morgan fingerprint density at radius 3 is 2.71 bits per heavy atom. The summed E-state index contributed by atoms with van der Waals surface area (Å²) in [4.78, 5) is 9.33. The Kier molecular flexibility index (Phi) is 3.33. The van der Waals surface area contributed by atoms with Crippen LogP contribution in [0.4, 0.5) is 5.82 Å². The van der Waals surface area contributed by atoms with Crippen molar-refractivity contribution in [3.05, 3.63) is 17.1 Å². The molecule has 0 saturated carbocycles. The molecule has 17 heavy (non-hydrogen) atoms. The van der Waals surface area contributed by atoms with Crippen LogP contribution in [0.3, 0.4) is 0 Å². The molecule has 4 heteroatoms. The van der Waals surface area contributed by atoms with E-state index in [1.54, 1.807) is 7.11 Å². The first-order valence-electron chi connectivity index (χ1n) is 6.27. The topological polar surface area (TPSA) is 47.0 Å². The SMILES string of the molecule is CCC(C)(OC)c1nc2c(c(NC)n1)CCC2. The number of nitrogens with one attached hydrogen (secondary N) is 1. The van der Waals surface area contributed by atoms with E-state index in [0.717, 1.165) is 30.9 Å². The maximum atomic E-state index is 5.58. The third-order valence-corrected chi connectivity index (χ3v) is 3.77. The Balaban J connectivity index is 2.50. The summed E-state index contributed by atoms with van der Waals surface area (Å²) < 4.78 is 5.58. The van der Waals surface area contributed by atoms with E-state index in [9.17, 15) is 0 Å². The van der Waals surface area contributed by atoms with Crippen molar-refractivity contribution in [3.8, 4) is 0 Å². The fourth-order valence-corrected chi connectivity index (χ4v) is 2.27. The van der Waals surface area contributed by atoms with Crippen LogP contribution in [-0.4, -0.2) is 24.1 Å². The number of hydrogen-bond donors (Lipinski definition) is 1. The second-order valence-corrected chi connectivity index (χ2v) is 4.71. The first-order chi connectivity index (χ1) is 8.14. The Labute approximate surface area is 103 Å². The molecule has 1 aliphatic carbocycles. The molecule has 1 unspecified atom stereocenters. The van der Waals surface area contributed by atoms with E-state index in [1.807, 2.05) is 14.0 Å². The molecular formula is C13H21N3O. The zero-order valence-corrected chi connectivity index (χ0v) is 11.1. The van der Waals surface area contributed by atoms with Gasteiger partial charge in [-0.1, -0.05) is 6.92 Å². The summed E-state index contributed by atoms with van der Waals surface area (Å²) in [5.41, 5.74) is 2.09. The highest BCUT2D eigenvalue weighted by molar-refractivity contribution is 5.48. The quantitative estimate of drug-likeness (QED) is 0.869. The normalized spacial score (nSPS) is 17.6. The minimum atomic E-state index is -0.386. The molecule has 0 aliphatic heterocycles. The van der Waals surface area contributed by atoms with E-state index < -0.39 is 0 Å². The van der Waals surface area contributed by atoms with Crippen LogP contribution in [0.5, 0.6) is 0 Å². The van der Waals surface area contributed by atoms with Crippen molar-refractivity contribution in [2.75, 3.05) is 19.5 Å². The number of aryl methyl sites for hydroxylation is 1. The summed E-state index contributed by atoms with van der Waals surface area (Å²) in [6.45, 7) is 4.14. The van der Waals surface area contributed by atoms with Gasteiger partial charge in [-0.25, -0.2) is 9.97 Å². The zero-order valence-electron chi connectivity index (χ0n) is 11.1. The van der Waals surface area contributed by atoms with Crippen molar-refractivity contribution < 1.29 is 4.74 Å². The molecule has 1 N–H and O–H groups in total. The highest BCUT2D eigenvalue weighted by atomic mass is 16.5. The lowest BCUT2D eigenvalue weighted by molar-refractivity contribution is -0.00902. The third-order valence-electron chi connectivity index (χ3n) is 3.77. The number of rotatable bonds is 4. The predicted octanol–water partition coefficient (Wildman–Crippen LogP) is 2.28. The van der Waals surface area contributed by atoms with Gasteiger partial charge in [0.1, 0.15) is 11.4 Å². The lowest BCUT2D eigenvalue weighted by Gasteiger charge is -2.26. The van der Waals surface area contributed by atoms with Crippen molar-refractivity contribution in [1.82, 2.24) is 9.97 Å². The Bertz CT molecular complexity index is 413. The molecule has 1 aromatic rings. The smallest absolute Gasteiger partial charge is 0.162 e. The molecule has 94 valence electrons. The van der Waals surface area contributed by atoms with Crippen LogP contribution in [0.15, 0.2) is 0 Å². The lowest BCUT2D eigenvalue weighted by atomic mass is 10.0. The summed E-state index contributed by atoms with van der Waals surface area (Å²) in [5, 5.41) is 3.18. The van der Waals surface area contributed by atoms with Crippen molar-refractivity contribution in [2.24, 2.45) is 0 Å². The fraction of sp³-hybridized carbons (Fsp3) is 0.692. The molecule has 0 aromatic carbocycles. The Morgan fingerprint density at radius 1 is 1.35 bits per heavy atom. The fourth-order valence-electron chi connectivity index (χ4n) is 2.27. The molecule has 0 fully saturated rings. The zero-order chi connectivity index (χ0) is 12.5. The first kappa shape index (κ1) is 12.3. The van der Waals surface area contributed by atoms with Crippen molar-refractivity contribution >= 4 is 5.82 Å². The average molecular weight is 235 g/mol. The van der Waals surface area contributed by atoms with E-state index in [2.05, 4.69) is 17.2 Å². The van der Waals surface area contributed by atoms with Gasteiger partial charge in [0, 0.05) is 25.4 Å². The van der Waals surface area contributed by atoms with Gasteiger partial charge in [0.25, 0.3) is 0 Å². The summed E-state index contributed by atoms with van der Waals surface area (Å²) in [6, 6.07) is 0. The van der Waals surface area contributed by atoms with Crippen LogP contribution in [0.1, 0.15) is 43.8 Å². The number of aromatic nitrogens is 2. The van der Waals surface area contributed by atoms with Crippen LogP contribution in [-0.2, 0) is 23.2 Å². The van der Waals surface area contributed by atoms with Gasteiger partial charge in [-0.05, 0) is 32.6 Å². The number of hydrogen-bond acceptors (Lipinski definition) is 4. The van der Waals surface area contributed by atoms with Crippen LogP contribution in [0.25, 0.3) is 0 Å². The van der Waals surface area contributed by atoms with E-state index in [-0.39, 0.29) is 5.60 Å². The monoisotopic (exact) mass is 235 g/mol. The van der Waals surface area contributed by atoms with Crippen molar-refractivity contribution in [2.45, 2.75) is 45.1 Å². The second kappa shape index (κ2) is 4.61. The maximum Gasteiger partial charge on any atom is 0.162 e. The van der Waals surface area contributed by atoms with Gasteiger partial charge in [-0.2, -0.15) is 0 Å². The van der Waals surface area contributed by atoms with Crippen LogP contribution in [0, 0.1) is 0 Å². The number of ether oxygens (including phenoxy) is 1. The molecule has 0 spiro atoms. The molecule has 0 bridgehead atoms. The minimum Gasteiger partial charge on any atom is -0.373 e. The average Bonchev–Trinajstić information content (AvgIpc) is 2.84. The van der Waals surface area contributed by atoms with E-state index in [4.69, 9.17) is 9.72 Å². The van der Waals surface area contributed by atoms with Gasteiger partial charge >= 0.3 is 0 Å². The lowest BCUT2D eigenvalue weighted by Crippen LogP contribution is -2.27. The van der Waals surface area contributed by atoms with Gasteiger partial charge in [0.15, 0.2) is 5.82 Å². The number of anilines is 1. The van der Waals surface area contributed by atoms with Crippen LogP contribution < -0.4 is 5.32 Å². The number of fused-ring (bicyclic) bond motifs is 1. The van der Waals surface area contributed by atoms with Crippen LogP contribution in [0.2, 0.25) is 0 Å². The molecule has 0 radical (unpaired) electrons. The highest BCUT2D eigenvalue weighted by Gasteiger charge is 2.30. The Hall–Kier alpha value is -1.16. The summed E-state index contributed by atoms with van der Waals surface area (Å²) in [7, 11) is 3.64. The van der Waals surface area contributed by atoms with Gasteiger partial charge in [0.2, 0.25) is 0 Å². The minimum absolute atomic E-state index is 0.386.